The Morgan fingerprint density at radius 3 is 2.35 bits per heavy atom. The van der Waals surface area contributed by atoms with E-state index in [1.807, 2.05) is 4.90 Å². The topological polar surface area (TPSA) is 60.9 Å². The molecule has 2 unspecified atom stereocenters. The van der Waals surface area contributed by atoms with Gasteiger partial charge < -0.3 is 14.7 Å². The van der Waals surface area contributed by atoms with Gasteiger partial charge in [-0.1, -0.05) is 19.1 Å². The predicted octanol–water partition coefficient (Wildman–Crippen LogP) is 3.55. The van der Waals surface area contributed by atoms with Crippen molar-refractivity contribution in [3.63, 3.8) is 0 Å². The molecule has 3 amide bonds. The van der Waals surface area contributed by atoms with Crippen LogP contribution in [0.4, 0.5) is 13.2 Å². The van der Waals surface area contributed by atoms with Gasteiger partial charge in [0.15, 0.2) is 0 Å². The molecule has 3 aliphatic heterocycles. The van der Waals surface area contributed by atoms with E-state index < -0.39 is 17.7 Å². The first-order chi connectivity index (χ1) is 16.1. The molecule has 3 heterocycles. The summed E-state index contributed by atoms with van der Waals surface area (Å²) in [5.74, 6) is -0.150. The number of halogens is 3. The smallest absolute Gasteiger partial charge is 0.342 e. The lowest BCUT2D eigenvalue weighted by atomic mass is 9.92. The maximum atomic E-state index is 13.1. The maximum absolute atomic E-state index is 13.1. The third-order valence-electron chi connectivity index (χ3n) is 7.32. The van der Waals surface area contributed by atoms with Crippen LogP contribution in [0.25, 0.3) is 0 Å². The van der Waals surface area contributed by atoms with Crippen LogP contribution in [0.5, 0.6) is 0 Å². The van der Waals surface area contributed by atoms with Gasteiger partial charge >= 0.3 is 6.18 Å². The molecular formula is C25H32F3N3O3. The fraction of sp³-hybridized carbons (Fsp3) is 0.640. The van der Waals surface area contributed by atoms with Crippen LogP contribution in [-0.2, 0) is 27.1 Å². The Morgan fingerprint density at radius 1 is 0.971 bits per heavy atom. The Kier molecular flexibility index (Phi) is 7.19. The zero-order valence-corrected chi connectivity index (χ0v) is 19.5. The van der Waals surface area contributed by atoms with Crippen molar-refractivity contribution in [2.75, 3.05) is 32.7 Å². The number of hydrogen-bond acceptors (Lipinski definition) is 3. The van der Waals surface area contributed by atoms with Crippen molar-refractivity contribution in [3.8, 4) is 0 Å². The Morgan fingerprint density at radius 2 is 1.68 bits per heavy atom. The molecule has 0 aliphatic carbocycles. The highest BCUT2D eigenvalue weighted by molar-refractivity contribution is 5.89. The average molecular weight is 480 g/mol. The van der Waals surface area contributed by atoms with E-state index in [2.05, 4.69) is 6.92 Å². The van der Waals surface area contributed by atoms with Gasteiger partial charge in [0.25, 0.3) is 0 Å². The Balaban J connectivity index is 1.29. The molecule has 3 fully saturated rings. The third kappa shape index (κ3) is 5.55. The van der Waals surface area contributed by atoms with Gasteiger partial charge in [0.05, 0.1) is 11.5 Å². The minimum atomic E-state index is -4.44. The van der Waals surface area contributed by atoms with Crippen molar-refractivity contribution in [1.82, 2.24) is 14.7 Å². The number of hydrogen-bond donors (Lipinski definition) is 0. The van der Waals surface area contributed by atoms with E-state index in [-0.39, 0.29) is 43.1 Å². The monoisotopic (exact) mass is 479 g/mol. The van der Waals surface area contributed by atoms with E-state index in [0.29, 0.717) is 37.4 Å². The molecule has 1 aromatic carbocycles. The number of amides is 3. The number of benzene rings is 1. The van der Waals surface area contributed by atoms with Gasteiger partial charge in [-0.25, -0.2) is 0 Å². The van der Waals surface area contributed by atoms with Gasteiger partial charge in [-0.15, -0.1) is 0 Å². The van der Waals surface area contributed by atoms with Gasteiger partial charge in [0.1, 0.15) is 0 Å². The lowest BCUT2D eigenvalue weighted by Crippen LogP contribution is -2.48. The molecular weight excluding hydrogens is 447 g/mol. The van der Waals surface area contributed by atoms with Crippen molar-refractivity contribution in [2.24, 2.45) is 17.8 Å². The number of carbonyl (C=O) groups is 3. The van der Waals surface area contributed by atoms with Crippen molar-refractivity contribution in [2.45, 2.75) is 51.7 Å². The Labute approximate surface area is 198 Å². The highest BCUT2D eigenvalue weighted by atomic mass is 19.4. The van der Waals surface area contributed by atoms with Crippen LogP contribution in [0.15, 0.2) is 24.3 Å². The number of alkyl halides is 3. The molecule has 2 atom stereocenters. The lowest BCUT2D eigenvalue weighted by molar-refractivity contribution is -0.143. The first-order valence-electron chi connectivity index (χ1n) is 12.1. The Hall–Kier alpha value is -2.58. The summed E-state index contributed by atoms with van der Waals surface area (Å²) in [5.41, 5.74) is -0.358. The molecule has 9 heteroatoms. The van der Waals surface area contributed by atoms with Crippen molar-refractivity contribution < 1.29 is 27.6 Å². The molecule has 4 rings (SSSR count). The van der Waals surface area contributed by atoms with Crippen LogP contribution in [0.3, 0.4) is 0 Å². The van der Waals surface area contributed by atoms with E-state index in [9.17, 15) is 27.6 Å². The lowest BCUT2D eigenvalue weighted by Gasteiger charge is -2.37. The van der Waals surface area contributed by atoms with Crippen LogP contribution < -0.4 is 0 Å². The van der Waals surface area contributed by atoms with Crippen LogP contribution in [-0.4, -0.2) is 65.1 Å². The third-order valence-corrected chi connectivity index (χ3v) is 7.32. The first-order valence-corrected chi connectivity index (χ1v) is 12.1. The summed E-state index contributed by atoms with van der Waals surface area (Å²) in [6, 6.07) is 4.94. The molecule has 0 bridgehead atoms. The summed E-state index contributed by atoms with van der Waals surface area (Å²) in [7, 11) is 0. The molecule has 1 aromatic rings. The molecule has 0 saturated carbocycles. The van der Waals surface area contributed by atoms with Crippen LogP contribution >= 0.6 is 0 Å². The SMILES string of the molecule is CC1CCCN(C(=O)C2CCN(C(=O)C3CC(=O)N(Cc4cccc(C(F)(F)F)c4)C3)CC2)C1. The normalized spacial score (nSPS) is 24.6. The summed E-state index contributed by atoms with van der Waals surface area (Å²) in [6.45, 7) is 5.04. The molecule has 0 aromatic heterocycles. The van der Waals surface area contributed by atoms with Crippen molar-refractivity contribution >= 4 is 17.7 Å². The molecule has 186 valence electrons. The zero-order chi connectivity index (χ0) is 24.5. The minimum absolute atomic E-state index is 0.0529. The summed E-state index contributed by atoms with van der Waals surface area (Å²) in [4.78, 5) is 43.6. The van der Waals surface area contributed by atoms with E-state index in [4.69, 9.17) is 0 Å². The second-order valence-electron chi connectivity index (χ2n) is 10.0. The number of nitrogens with zero attached hydrogens (tertiary/aromatic N) is 3. The number of rotatable bonds is 4. The molecule has 3 saturated heterocycles. The molecule has 6 nitrogen and oxygen atoms in total. The standard InChI is InChI=1S/C25H32F3N3O3/c1-17-4-3-9-30(14-17)23(33)19-7-10-29(11-8-19)24(34)20-13-22(32)31(16-20)15-18-5-2-6-21(12-18)25(26,27)28/h2,5-6,12,17,19-20H,3-4,7-11,13-16H2,1H3. The van der Waals surface area contributed by atoms with Crippen molar-refractivity contribution in [1.29, 1.82) is 0 Å². The second kappa shape index (κ2) is 9.96. The van der Waals surface area contributed by atoms with Gasteiger partial charge in [-0.2, -0.15) is 13.2 Å². The van der Waals surface area contributed by atoms with Crippen LogP contribution in [0.2, 0.25) is 0 Å². The second-order valence-corrected chi connectivity index (χ2v) is 10.0. The van der Waals surface area contributed by atoms with E-state index >= 15 is 0 Å². The minimum Gasteiger partial charge on any atom is -0.342 e. The molecule has 3 aliphatic rings. The van der Waals surface area contributed by atoms with Gasteiger partial charge in [0, 0.05) is 51.6 Å². The van der Waals surface area contributed by atoms with E-state index in [0.717, 1.165) is 38.1 Å². The number of carbonyl (C=O) groups excluding carboxylic acids is 3. The van der Waals surface area contributed by atoms with E-state index in [1.54, 1.807) is 11.0 Å². The largest absolute Gasteiger partial charge is 0.416 e. The Bertz CT molecular complexity index is 927. The fourth-order valence-corrected chi connectivity index (χ4v) is 5.41. The maximum Gasteiger partial charge on any atom is 0.416 e. The van der Waals surface area contributed by atoms with Gasteiger partial charge in [-0.05, 0) is 49.3 Å². The molecule has 0 radical (unpaired) electrons. The fourth-order valence-electron chi connectivity index (χ4n) is 5.41. The molecule has 0 N–H and O–H groups in total. The highest BCUT2D eigenvalue weighted by Gasteiger charge is 2.39. The summed E-state index contributed by atoms with van der Waals surface area (Å²) < 4.78 is 38.9. The molecule has 34 heavy (non-hydrogen) atoms. The first kappa shape index (κ1) is 24.5. The van der Waals surface area contributed by atoms with Crippen molar-refractivity contribution in [3.05, 3.63) is 35.4 Å². The summed E-state index contributed by atoms with van der Waals surface area (Å²) >= 11 is 0. The number of piperidine rings is 2. The van der Waals surface area contributed by atoms with Gasteiger partial charge in [0.2, 0.25) is 17.7 Å². The number of likely N-dealkylation sites (tertiary alicyclic amines) is 3. The van der Waals surface area contributed by atoms with Gasteiger partial charge in [-0.3, -0.25) is 14.4 Å². The van der Waals surface area contributed by atoms with Crippen LogP contribution in [0, 0.1) is 17.8 Å². The molecule has 0 spiro atoms. The van der Waals surface area contributed by atoms with Crippen LogP contribution in [0.1, 0.15) is 50.2 Å². The average Bonchev–Trinajstić information content (AvgIpc) is 3.18. The highest BCUT2D eigenvalue weighted by Crippen LogP contribution is 2.31. The zero-order valence-electron chi connectivity index (χ0n) is 19.5. The predicted molar refractivity (Wildman–Crippen MR) is 119 cm³/mol. The summed E-state index contributed by atoms with van der Waals surface area (Å²) in [5, 5.41) is 0. The quantitative estimate of drug-likeness (QED) is 0.664. The summed E-state index contributed by atoms with van der Waals surface area (Å²) in [6.07, 6.45) is -0.918. The van der Waals surface area contributed by atoms with E-state index in [1.165, 1.54) is 11.0 Å².